The van der Waals surface area contributed by atoms with E-state index in [9.17, 15) is 10.2 Å². The number of nitrogens with zero attached hydrogens (tertiary/aromatic N) is 1. The summed E-state index contributed by atoms with van der Waals surface area (Å²) in [5.41, 5.74) is 2.21. The normalized spacial score (nSPS) is 11.1. The summed E-state index contributed by atoms with van der Waals surface area (Å²) < 4.78 is 1.45. The fourth-order valence-corrected chi connectivity index (χ4v) is 2.87. The number of benzene rings is 2. The van der Waals surface area contributed by atoms with Crippen LogP contribution in [-0.2, 0) is 0 Å². The third-order valence-corrected chi connectivity index (χ3v) is 3.64. The lowest BCUT2D eigenvalue weighted by molar-refractivity contribution is 0.471. The molecule has 0 heterocycles. The molecule has 0 amide bonds. The Morgan fingerprint density at radius 3 is 2.53 bits per heavy atom. The van der Waals surface area contributed by atoms with Crippen molar-refractivity contribution in [2.45, 2.75) is 6.92 Å². The van der Waals surface area contributed by atoms with E-state index in [1.807, 2.05) is 6.92 Å². The maximum absolute atomic E-state index is 9.91. The Balaban J connectivity index is 2.38. The molecule has 0 aromatic heterocycles. The van der Waals surface area contributed by atoms with Crippen molar-refractivity contribution in [3.8, 4) is 11.5 Å². The first-order valence-electron chi connectivity index (χ1n) is 5.49. The maximum atomic E-state index is 9.91. The lowest BCUT2D eigenvalue weighted by atomic mass is 10.2. The van der Waals surface area contributed by atoms with Crippen LogP contribution < -0.4 is 0 Å². The van der Waals surface area contributed by atoms with E-state index in [2.05, 4.69) is 36.9 Å². The summed E-state index contributed by atoms with van der Waals surface area (Å²) in [5.74, 6) is 0.355. The van der Waals surface area contributed by atoms with Crippen molar-refractivity contribution < 1.29 is 10.2 Å². The first kappa shape index (κ1) is 14.1. The van der Waals surface area contributed by atoms with Crippen LogP contribution >= 0.6 is 31.9 Å². The molecule has 2 aromatic carbocycles. The van der Waals surface area contributed by atoms with Gasteiger partial charge in [-0.15, -0.1) is 0 Å². The molecule has 0 bridgehead atoms. The highest BCUT2D eigenvalue weighted by atomic mass is 79.9. The first-order chi connectivity index (χ1) is 8.97. The molecule has 2 N–H and O–H groups in total. The topological polar surface area (TPSA) is 52.8 Å². The number of aromatic hydroxyl groups is 2. The van der Waals surface area contributed by atoms with E-state index in [1.54, 1.807) is 36.5 Å². The molecule has 0 saturated carbocycles. The second-order valence-electron chi connectivity index (χ2n) is 4.05. The second-order valence-corrected chi connectivity index (χ2v) is 5.82. The van der Waals surface area contributed by atoms with E-state index >= 15 is 0 Å². The van der Waals surface area contributed by atoms with Gasteiger partial charge >= 0.3 is 0 Å². The van der Waals surface area contributed by atoms with Crippen molar-refractivity contribution in [1.29, 1.82) is 0 Å². The zero-order valence-corrected chi connectivity index (χ0v) is 13.2. The Kier molecular flexibility index (Phi) is 4.27. The van der Waals surface area contributed by atoms with Crippen molar-refractivity contribution in [2.24, 2.45) is 4.99 Å². The summed E-state index contributed by atoms with van der Waals surface area (Å²) in [5, 5.41) is 19.2. The van der Waals surface area contributed by atoms with Crippen molar-refractivity contribution in [2.75, 3.05) is 0 Å². The molecule has 0 saturated heterocycles. The Bertz CT molecular complexity index is 654. The van der Waals surface area contributed by atoms with Gasteiger partial charge in [-0.2, -0.15) is 0 Å². The van der Waals surface area contributed by atoms with Crippen molar-refractivity contribution >= 4 is 43.8 Å². The zero-order valence-electron chi connectivity index (χ0n) is 10.1. The molecule has 0 spiro atoms. The third-order valence-electron chi connectivity index (χ3n) is 2.58. The molecule has 0 radical (unpaired) electrons. The summed E-state index contributed by atoms with van der Waals surface area (Å²) in [6.07, 6.45) is 1.59. The molecule has 0 unspecified atom stereocenters. The summed E-state index contributed by atoms with van der Waals surface area (Å²) in [7, 11) is 0. The fourth-order valence-electron chi connectivity index (χ4n) is 1.61. The van der Waals surface area contributed by atoms with E-state index in [4.69, 9.17) is 0 Å². The lowest BCUT2D eigenvalue weighted by Crippen LogP contribution is -1.85. The molecule has 98 valence electrons. The number of phenols is 2. The maximum Gasteiger partial charge on any atom is 0.138 e. The van der Waals surface area contributed by atoms with Crippen LogP contribution in [0.1, 0.15) is 11.1 Å². The predicted octanol–water partition coefficient (Wildman–Crippen LogP) is 4.68. The highest BCUT2D eigenvalue weighted by molar-refractivity contribution is 9.11. The summed E-state index contributed by atoms with van der Waals surface area (Å²) in [4.78, 5) is 4.32. The number of aryl methyl sites for hydroxylation is 1. The molecule has 0 aliphatic carbocycles. The summed E-state index contributed by atoms with van der Waals surface area (Å²) in [6, 6.07) is 8.49. The largest absolute Gasteiger partial charge is 0.508 e. The second kappa shape index (κ2) is 5.75. The zero-order chi connectivity index (χ0) is 14.0. The third kappa shape index (κ3) is 3.36. The van der Waals surface area contributed by atoms with Crippen LogP contribution in [0.2, 0.25) is 0 Å². The molecule has 0 aliphatic rings. The Labute approximate surface area is 127 Å². The van der Waals surface area contributed by atoms with Crippen LogP contribution in [0.15, 0.2) is 44.3 Å². The van der Waals surface area contributed by atoms with Crippen LogP contribution in [0, 0.1) is 6.92 Å². The van der Waals surface area contributed by atoms with E-state index in [0.29, 0.717) is 10.0 Å². The highest BCUT2D eigenvalue weighted by Crippen LogP contribution is 2.31. The van der Waals surface area contributed by atoms with E-state index in [0.717, 1.165) is 15.7 Å². The van der Waals surface area contributed by atoms with Gasteiger partial charge in [-0.05, 0) is 58.7 Å². The van der Waals surface area contributed by atoms with Crippen LogP contribution in [0.4, 0.5) is 5.69 Å². The SMILES string of the molecule is Cc1cc(O)ccc1N=Cc1cc(Br)cc(Br)c1O. The van der Waals surface area contributed by atoms with E-state index < -0.39 is 0 Å². The van der Waals surface area contributed by atoms with Gasteiger partial charge in [-0.25, -0.2) is 0 Å². The first-order valence-corrected chi connectivity index (χ1v) is 7.07. The van der Waals surface area contributed by atoms with Gasteiger partial charge in [0, 0.05) is 16.3 Å². The summed E-state index contributed by atoms with van der Waals surface area (Å²) in [6.45, 7) is 1.86. The number of rotatable bonds is 2. The lowest BCUT2D eigenvalue weighted by Gasteiger charge is -2.04. The molecular formula is C14H11Br2NO2. The van der Waals surface area contributed by atoms with Gasteiger partial charge in [-0.3, -0.25) is 4.99 Å². The number of halogens is 2. The van der Waals surface area contributed by atoms with Gasteiger partial charge < -0.3 is 10.2 Å². The van der Waals surface area contributed by atoms with Crippen LogP contribution in [0.5, 0.6) is 11.5 Å². The van der Waals surface area contributed by atoms with Crippen LogP contribution in [0.25, 0.3) is 0 Å². The molecule has 0 aliphatic heterocycles. The molecule has 0 fully saturated rings. The minimum absolute atomic E-state index is 0.142. The Morgan fingerprint density at radius 1 is 1.11 bits per heavy atom. The molecular weight excluding hydrogens is 374 g/mol. The van der Waals surface area contributed by atoms with Gasteiger partial charge in [0.05, 0.1) is 10.2 Å². The van der Waals surface area contributed by atoms with Crippen LogP contribution in [0.3, 0.4) is 0 Å². The van der Waals surface area contributed by atoms with E-state index in [1.165, 1.54) is 0 Å². The minimum atomic E-state index is 0.142. The predicted molar refractivity (Wildman–Crippen MR) is 83.6 cm³/mol. The highest BCUT2D eigenvalue weighted by Gasteiger charge is 2.05. The Morgan fingerprint density at radius 2 is 1.84 bits per heavy atom. The van der Waals surface area contributed by atoms with Gasteiger partial charge in [0.1, 0.15) is 11.5 Å². The monoisotopic (exact) mass is 383 g/mol. The molecule has 3 nitrogen and oxygen atoms in total. The Hall–Kier alpha value is -1.33. The number of hydrogen-bond donors (Lipinski definition) is 2. The molecule has 0 atom stereocenters. The smallest absolute Gasteiger partial charge is 0.138 e. The summed E-state index contributed by atoms with van der Waals surface area (Å²) >= 11 is 6.63. The molecule has 2 aromatic rings. The van der Waals surface area contributed by atoms with Gasteiger partial charge in [0.25, 0.3) is 0 Å². The fraction of sp³-hybridized carbons (Fsp3) is 0.0714. The van der Waals surface area contributed by atoms with Crippen molar-refractivity contribution in [3.63, 3.8) is 0 Å². The number of hydrogen-bond acceptors (Lipinski definition) is 3. The minimum Gasteiger partial charge on any atom is -0.508 e. The quantitative estimate of drug-likeness (QED) is 0.738. The average Bonchev–Trinajstić information content (AvgIpc) is 2.33. The number of aliphatic imine (C=N–C) groups is 1. The molecule has 19 heavy (non-hydrogen) atoms. The molecule has 5 heteroatoms. The number of phenolic OH excluding ortho intramolecular Hbond substituents is 2. The van der Waals surface area contributed by atoms with Crippen LogP contribution in [-0.4, -0.2) is 16.4 Å². The molecule has 2 rings (SSSR count). The standard InChI is InChI=1S/C14H11Br2NO2/c1-8-4-11(18)2-3-13(8)17-7-9-5-10(15)6-12(16)14(9)19/h2-7,18-19H,1H3. The van der Waals surface area contributed by atoms with Crippen molar-refractivity contribution in [1.82, 2.24) is 0 Å². The van der Waals surface area contributed by atoms with Crippen molar-refractivity contribution in [3.05, 3.63) is 50.4 Å². The average molecular weight is 385 g/mol. The van der Waals surface area contributed by atoms with Gasteiger partial charge in [0.15, 0.2) is 0 Å². The van der Waals surface area contributed by atoms with E-state index in [-0.39, 0.29) is 11.5 Å². The van der Waals surface area contributed by atoms with Gasteiger partial charge in [0.2, 0.25) is 0 Å². The van der Waals surface area contributed by atoms with Gasteiger partial charge in [-0.1, -0.05) is 15.9 Å².